The van der Waals surface area contributed by atoms with Crippen LogP contribution in [0.2, 0.25) is 0 Å². The Morgan fingerprint density at radius 1 is 1.22 bits per heavy atom. The number of aromatic nitrogens is 1. The van der Waals surface area contributed by atoms with Gasteiger partial charge < -0.3 is 4.74 Å². The zero-order valence-electron chi connectivity index (χ0n) is 12.3. The minimum absolute atomic E-state index is 0.109. The minimum atomic E-state index is -0.498. The van der Waals surface area contributed by atoms with Crippen molar-refractivity contribution in [2.75, 3.05) is 0 Å². The molecule has 5 heteroatoms. The maximum Gasteiger partial charge on any atom is 0.339 e. The number of pyridine rings is 1. The maximum atomic E-state index is 13.6. The SMILES string of the molecule is Cc1cc(C(=O)OCc2ccccc2F)c2cc(Br)ccc2n1. The van der Waals surface area contributed by atoms with Gasteiger partial charge in [0, 0.05) is 21.1 Å². The molecule has 0 bridgehead atoms. The Labute approximate surface area is 141 Å². The lowest BCUT2D eigenvalue weighted by molar-refractivity contribution is 0.0471. The van der Waals surface area contributed by atoms with Gasteiger partial charge in [0.1, 0.15) is 12.4 Å². The van der Waals surface area contributed by atoms with Crippen LogP contribution in [0.5, 0.6) is 0 Å². The molecule has 0 aliphatic heterocycles. The fourth-order valence-corrected chi connectivity index (χ4v) is 2.70. The topological polar surface area (TPSA) is 39.2 Å². The van der Waals surface area contributed by atoms with E-state index in [-0.39, 0.29) is 12.4 Å². The normalized spacial score (nSPS) is 10.7. The van der Waals surface area contributed by atoms with Gasteiger partial charge in [-0.05, 0) is 37.3 Å². The Morgan fingerprint density at radius 2 is 2.00 bits per heavy atom. The fourth-order valence-electron chi connectivity index (χ4n) is 2.34. The Bertz CT molecular complexity index is 895. The molecule has 23 heavy (non-hydrogen) atoms. The van der Waals surface area contributed by atoms with Gasteiger partial charge >= 0.3 is 5.97 Å². The molecule has 0 amide bonds. The molecule has 0 saturated carbocycles. The second kappa shape index (κ2) is 6.46. The highest BCUT2D eigenvalue weighted by Gasteiger charge is 2.14. The summed E-state index contributed by atoms with van der Waals surface area (Å²) >= 11 is 3.39. The van der Waals surface area contributed by atoms with Gasteiger partial charge in [0.05, 0.1) is 11.1 Å². The van der Waals surface area contributed by atoms with Crippen molar-refractivity contribution in [3.8, 4) is 0 Å². The Kier molecular flexibility index (Phi) is 4.39. The van der Waals surface area contributed by atoms with Crippen LogP contribution >= 0.6 is 15.9 Å². The number of fused-ring (bicyclic) bond motifs is 1. The summed E-state index contributed by atoms with van der Waals surface area (Å²) in [4.78, 5) is 16.8. The molecule has 3 aromatic rings. The average Bonchev–Trinajstić information content (AvgIpc) is 2.53. The van der Waals surface area contributed by atoms with Crippen LogP contribution in [0.4, 0.5) is 4.39 Å². The predicted octanol–water partition coefficient (Wildman–Crippen LogP) is 4.80. The zero-order chi connectivity index (χ0) is 16.4. The van der Waals surface area contributed by atoms with Crippen molar-refractivity contribution < 1.29 is 13.9 Å². The molecule has 3 rings (SSSR count). The van der Waals surface area contributed by atoms with E-state index >= 15 is 0 Å². The van der Waals surface area contributed by atoms with Crippen LogP contribution in [0.25, 0.3) is 10.9 Å². The lowest BCUT2D eigenvalue weighted by Gasteiger charge is -2.09. The number of ether oxygens (including phenoxy) is 1. The highest BCUT2D eigenvalue weighted by molar-refractivity contribution is 9.10. The second-order valence-electron chi connectivity index (χ2n) is 5.14. The molecular formula is C18H13BrFNO2. The molecule has 0 atom stereocenters. The first-order chi connectivity index (χ1) is 11.0. The van der Waals surface area contributed by atoms with Gasteiger partial charge in [-0.2, -0.15) is 0 Å². The summed E-state index contributed by atoms with van der Waals surface area (Å²) in [6.07, 6.45) is 0. The first-order valence-corrected chi connectivity index (χ1v) is 7.81. The molecule has 1 aromatic heterocycles. The van der Waals surface area contributed by atoms with E-state index in [0.29, 0.717) is 22.0 Å². The lowest BCUT2D eigenvalue weighted by atomic mass is 10.1. The van der Waals surface area contributed by atoms with Gasteiger partial charge in [0.25, 0.3) is 0 Å². The predicted molar refractivity (Wildman–Crippen MR) is 89.7 cm³/mol. The molecule has 2 aromatic carbocycles. The summed E-state index contributed by atoms with van der Waals surface area (Å²) in [5.41, 5.74) is 2.20. The van der Waals surface area contributed by atoms with Crippen molar-refractivity contribution >= 4 is 32.8 Å². The third kappa shape index (κ3) is 3.40. The highest BCUT2D eigenvalue weighted by Crippen LogP contribution is 2.24. The number of rotatable bonds is 3. The first-order valence-electron chi connectivity index (χ1n) is 7.02. The molecule has 116 valence electrons. The third-order valence-corrected chi connectivity index (χ3v) is 3.93. The number of esters is 1. The van der Waals surface area contributed by atoms with E-state index in [9.17, 15) is 9.18 Å². The van der Waals surface area contributed by atoms with Crippen molar-refractivity contribution in [1.82, 2.24) is 4.98 Å². The molecule has 0 aliphatic carbocycles. The van der Waals surface area contributed by atoms with Crippen molar-refractivity contribution in [3.05, 3.63) is 75.6 Å². The maximum absolute atomic E-state index is 13.6. The van der Waals surface area contributed by atoms with Crippen LogP contribution in [0.15, 0.2) is 53.0 Å². The molecular weight excluding hydrogens is 361 g/mol. The largest absolute Gasteiger partial charge is 0.457 e. The van der Waals surface area contributed by atoms with E-state index in [0.717, 1.165) is 10.2 Å². The van der Waals surface area contributed by atoms with Gasteiger partial charge in [0.15, 0.2) is 0 Å². The van der Waals surface area contributed by atoms with Crippen LogP contribution < -0.4 is 0 Å². The van der Waals surface area contributed by atoms with Gasteiger partial charge in [0.2, 0.25) is 0 Å². The number of carbonyl (C=O) groups is 1. The summed E-state index contributed by atoms with van der Waals surface area (Å²) in [7, 11) is 0. The van der Waals surface area contributed by atoms with Crippen molar-refractivity contribution in [2.24, 2.45) is 0 Å². The van der Waals surface area contributed by atoms with E-state index in [2.05, 4.69) is 20.9 Å². The van der Waals surface area contributed by atoms with Gasteiger partial charge in [-0.3, -0.25) is 4.98 Å². The molecule has 0 spiro atoms. The standard InChI is InChI=1S/C18H13BrFNO2/c1-11-8-15(14-9-13(19)6-7-17(14)21-11)18(22)23-10-12-4-2-3-5-16(12)20/h2-9H,10H2,1H3. The second-order valence-corrected chi connectivity index (χ2v) is 6.06. The van der Waals surface area contributed by atoms with Crippen LogP contribution in [0.1, 0.15) is 21.6 Å². The highest BCUT2D eigenvalue weighted by atomic mass is 79.9. The Morgan fingerprint density at radius 3 is 2.78 bits per heavy atom. The number of carbonyl (C=O) groups excluding carboxylic acids is 1. The summed E-state index contributed by atoms with van der Waals surface area (Å²) in [5, 5.41) is 0.698. The minimum Gasteiger partial charge on any atom is -0.457 e. The molecule has 0 unspecified atom stereocenters. The number of halogens is 2. The van der Waals surface area contributed by atoms with Gasteiger partial charge in [-0.25, -0.2) is 9.18 Å². The monoisotopic (exact) mass is 373 g/mol. The van der Waals surface area contributed by atoms with Crippen molar-refractivity contribution in [1.29, 1.82) is 0 Å². The van der Waals surface area contributed by atoms with Crippen LogP contribution in [0, 0.1) is 12.7 Å². The molecule has 1 heterocycles. The number of benzene rings is 2. The number of aryl methyl sites for hydroxylation is 1. The molecule has 0 fully saturated rings. The lowest BCUT2D eigenvalue weighted by Crippen LogP contribution is -2.08. The summed E-state index contributed by atoms with van der Waals surface area (Å²) in [6.45, 7) is 1.71. The molecule has 0 radical (unpaired) electrons. The van der Waals surface area contributed by atoms with Crippen LogP contribution in [-0.4, -0.2) is 11.0 Å². The molecule has 3 nitrogen and oxygen atoms in total. The Hall–Kier alpha value is -2.27. The van der Waals surface area contributed by atoms with Crippen molar-refractivity contribution in [3.63, 3.8) is 0 Å². The number of hydrogen-bond acceptors (Lipinski definition) is 3. The van der Waals surface area contributed by atoms with E-state index in [1.165, 1.54) is 6.07 Å². The number of hydrogen-bond donors (Lipinski definition) is 0. The molecule has 0 saturated heterocycles. The summed E-state index contributed by atoms with van der Waals surface area (Å²) < 4.78 is 19.7. The van der Waals surface area contributed by atoms with E-state index in [4.69, 9.17) is 4.74 Å². The van der Waals surface area contributed by atoms with E-state index in [1.807, 2.05) is 25.1 Å². The smallest absolute Gasteiger partial charge is 0.339 e. The van der Waals surface area contributed by atoms with Gasteiger partial charge in [-0.15, -0.1) is 0 Å². The first kappa shape index (κ1) is 15.6. The summed E-state index contributed by atoms with van der Waals surface area (Å²) in [6, 6.07) is 13.4. The summed E-state index contributed by atoms with van der Waals surface area (Å²) in [5.74, 6) is -0.888. The Balaban J connectivity index is 1.91. The van der Waals surface area contributed by atoms with Crippen LogP contribution in [0.3, 0.4) is 0 Å². The molecule has 0 N–H and O–H groups in total. The third-order valence-electron chi connectivity index (χ3n) is 3.44. The van der Waals surface area contributed by atoms with Crippen LogP contribution in [-0.2, 0) is 11.3 Å². The average molecular weight is 374 g/mol. The zero-order valence-corrected chi connectivity index (χ0v) is 13.9. The fraction of sp³-hybridized carbons (Fsp3) is 0.111. The molecule has 0 aliphatic rings. The quantitative estimate of drug-likeness (QED) is 0.618. The van der Waals surface area contributed by atoms with E-state index < -0.39 is 5.97 Å². The van der Waals surface area contributed by atoms with E-state index in [1.54, 1.807) is 24.3 Å². The van der Waals surface area contributed by atoms with Crippen molar-refractivity contribution in [2.45, 2.75) is 13.5 Å². The number of nitrogens with zero attached hydrogens (tertiary/aromatic N) is 1. The van der Waals surface area contributed by atoms with Gasteiger partial charge in [-0.1, -0.05) is 34.1 Å².